The van der Waals surface area contributed by atoms with Crippen molar-refractivity contribution in [2.24, 2.45) is 0 Å². The van der Waals surface area contributed by atoms with Crippen molar-refractivity contribution in [2.75, 3.05) is 0 Å². The molecule has 0 saturated carbocycles. The van der Waals surface area contributed by atoms with E-state index in [2.05, 4.69) is 12.2 Å². The highest BCUT2D eigenvalue weighted by molar-refractivity contribution is 5.85. The highest BCUT2D eigenvalue weighted by Gasteiger charge is 2.46. The first kappa shape index (κ1) is 25.6. The van der Waals surface area contributed by atoms with Crippen molar-refractivity contribution in [3.63, 3.8) is 0 Å². The molecule has 1 unspecified atom stereocenters. The third-order valence-electron chi connectivity index (χ3n) is 5.26. The van der Waals surface area contributed by atoms with Crippen LogP contribution in [0.2, 0.25) is 0 Å². The van der Waals surface area contributed by atoms with Crippen molar-refractivity contribution >= 4 is 11.9 Å². The molecule has 0 aromatic carbocycles. The quantitative estimate of drug-likeness (QED) is 0.186. The highest BCUT2D eigenvalue weighted by atomic mass is 16.6. The van der Waals surface area contributed by atoms with Gasteiger partial charge in [-0.05, 0) is 25.7 Å². The number of ether oxygens (including phenoxy) is 1. The molecule has 1 saturated heterocycles. The third-order valence-corrected chi connectivity index (χ3v) is 5.26. The molecule has 1 aliphatic rings. The lowest BCUT2D eigenvalue weighted by atomic mass is 10.0. The van der Waals surface area contributed by atoms with Gasteiger partial charge >= 0.3 is 5.97 Å². The number of rotatable bonds is 15. The fourth-order valence-corrected chi connectivity index (χ4v) is 3.53. The summed E-state index contributed by atoms with van der Waals surface area (Å²) < 4.78 is 4.99. The van der Waals surface area contributed by atoms with Crippen molar-refractivity contribution < 1.29 is 29.6 Å². The zero-order valence-corrected chi connectivity index (χ0v) is 17.9. The first-order chi connectivity index (χ1) is 13.9. The summed E-state index contributed by atoms with van der Waals surface area (Å²) in [4.78, 5) is 22.8. The van der Waals surface area contributed by atoms with Crippen LogP contribution in [0.1, 0.15) is 84.5 Å². The number of allylic oxidation sites excluding steroid dienone is 1. The molecular weight excluding hydrogens is 374 g/mol. The summed E-state index contributed by atoms with van der Waals surface area (Å²) in [5.74, 6) is -1.18. The van der Waals surface area contributed by atoms with Crippen LogP contribution >= 0.6 is 0 Å². The maximum Gasteiger partial charge on any atom is 0.332 e. The third kappa shape index (κ3) is 10.2. The van der Waals surface area contributed by atoms with Crippen molar-refractivity contribution in [3.05, 3.63) is 12.2 Å². The SMILES string of the molecule is CCCCCCC(O)CCCCCC/C=C/[C@@H](O)[C@H]1OC(=O)[C@@H](NC(C)=O)[C@H]1O. The summed E-state index contributed by atoms with van der Waals surface area (Å²) in [6, 6.07) is -1.14. The van der Waals surface area contributed by atoms with Gasteiger partial charge in [0.2, 0.25) is 5.91 Å². The number of amides is 1. The fraction of sp³-hybridized carbons (Fsp3) is 0.818. The minimum absolute atomic E-state index is 0.177. The van der Waals surface area contributed by atoms with E-state index < -0.39 is 36.2 Å². The average molecular weight is 414 g/mol. The lowest BCUT2D eigenvalue weighted by Crippen LogP contribution is -2.47. The maximum absolute atomic E-state index is 11.7. The Bertz CT molecular complexity index is 510. The molecule has 0 aliphatic carbocycles. The molecule has 168 valence electrons. The molecule has 0 radical (unpaired) electrons. The molecule has 1 heterocycles. The Morgan fingerprint density at radius 3 is 2.34 bits per heavy atom. The van der Waals surface area contributed by atoms with Crippen molar-refractivity contribution in [1.82, 2.24) is 5.32 Å². The molecule has 7 nitrogen and oxygen atoms in total. The van der Waals surface area contributed by atoms with Gasteiger partial charge in [0.25, 0.3) is 0 Å². The summed E-state index contributed by atoms with van der Waals surface area (Å²) in [5, 5.41) is 32.5. The van der Waals surface area contributed by atoms with Crippen LogP contribution in [-0.2, 0) is 14.3 Å². The number of aliphatic hydroxyl groups is 3. The number of cyclic esters (lactones) is 1. The monoisotopic (exact) mass is 413 g/mol. The second kappa shape index (κ2) is 14.5. The van der Waals surface area contributed by atoms with Crippen molar-refractivity contribution in [3.8, 4) is 0 Å². The van der Waals surface area contributed by atoms with Crippen LogP contribution in [0.5, 0.6) is 0 Å². The summed E-state index contributed by atoms with van der Waals surface area (Å²) in [5.41, 5.74) is 0. The molecular formula is C22H39NO6. The van der Waals surface area contributed by atoms with Crippen molar-refractivity contribution in [1.29, 1.82) is 0 Å². The molecule has 0 aromatic heterocycles. The van der Waals surface area contributed by atoms with E-state index in [9.17, 15) is 24.9 Å². The van der Waals surface area contributed by atoms with E-state index in [0.717, 1.165) is 51.4 Å². The number of carbonyl (C=O) groups is 2. The number of esters is 1. The largest absolute Gasteiger partial charge is 0.455 e. The van der Waals surface area contributed by atoms with Gasteiger partial charge in [-0.2, -0.15) is 0 Å². The molecule has 0 bridgehead atoms. The number of hydrogen-bond acceptors (Lipinski definition) is 6. The zero-order chi connectivity index (χ0) is 21.6. The predicted octanol–water partition coefficient (Wildman–Crippen LogP) is 2.37. The summed E-state index contributed by atoms with van der Waals surface area (Å²) in [6.45, 7) is 3.43. The molecule has 1 amide bonds. The number of unbranched alkanes of at least 4 members (excludes halogenated alkanes) is 7. The Hall–Kier alpha value is -1.44. The van der Waals surface area contributed by atoms with Gasteiger partial charge in [-0.3, -0.25) is 4.79 Å². The van der Waals surface area contributed by atoms with Crippen LogP contribution in [-0.4, -0.2) is 57.7 Å². The van der Waals surface area contributed by atoms with E-state index in [1.165, 1.54) is 32.3 Å². The van der Waals surface area contributed by atoms with Gasteiger partial charge in [0, 0.05) is 6.92 Å². The van der Waals surface area contributed by atoms with Crippen LogP contribution in [0.3, 0.4) is 0 Å². The number of carbonyl (C=O) groups excluding carboxylic acids is 2. The topological polar surface area (TPSA) is 116 Å². The number of nitrogens with one attached hydrogen (secondary N) is 1. The smallest absolute Gasteiger partial charge is 0.332 e. The number of hydrogen-bond donors (Lipinski definition) is 4. The Balaban J connectivity index is 2.12. The van der Waals surface area contributed by atoms with Gasteiger partial charge in [-0.15, -0.1) is 0 Å². The Labute approximate surface area is 174 Å². The molecule has 1 aliphatic heterocycles. The second-order valence-electron chi connectivity index (χ2n) is 7.98. The fourth-order valence-electron chi connectivity index (χ4n) is 3.53. The first-order valence-corrected chi connectivity index (χ1v) is 11.0. The van der Waals surface area contributed by atoms with E-state index in [1.807, 2.05) is 6.08 Å². The van der Waals surface area contributed by atoms with Gasteiger partial charge in [0.15, 0.2) is 12.1 Å². The molecule has 0 aromatic rings. The van der Waals surface area contributed by atoms with E-state index in [-0.39, 0.29) is 6.10 Å². The van der Waals surface area contributed by atoms with Gasteiger partial charge in [-0.25, -0.2) is 4.79 Å². The normalized spacial score (nSPS) is 23.9. The van der Waals surface area contributed by atoms with Crippen LogP contribution in [0.25, 0.3) is 0 Å². The summed E-state index contributed by atoms with van der Waals surface area (Å²) in [6.07, 6.45) is 11.1. The van der Waals surface area contributed by atoms with E-state index in [0.29, 0.717) is 0 Å². The summed E-state index contributed by atoms with van der Waals surface area (Å²) in [7, 11) is 0. The average Bonchev–Trinajstić information content (AvgIpc) is 2.95. The molecule has 1 fully saturated rings. The molecule has 29 heavy (non-hydrogen) atoms. The van der Waals surface area contributed by atoms with Crippen LogP contribution < -0.4 is 5.32 Å². The number of aliphatic hydroxyl groups excluding tert-OH is 3. The minimum Gasteiger partial charge on any atom is -0.455 e. The van der Waals surface area contributed by atoms with E-state index in [4.69, 9.17) is 4.74 Å². The van der Waals surface area contributed by atoms with Crippen LogP contribution in [0.4, 0.5) is 0 Å². The van der Waals surface area contributed by atoms with E-state index >= 15 is 0 Å². The molecule has 1 rings (SSSR count). The zero-order valence-electron chi connectivity index (χ0n) is 17.9. The Morgan fingerprint density at radius 1 is 1.10 bits per heavy atom. The highest BCUT2D eigenvalue weighted by Crippen LogP contribution is 2.20. The lowest BCUT2D eigenvalue weighted by Gasteiger charge is -2.18. The van der Waals surface area contributed by atoms with Gasteiger partial charge in [0.05, 0.1) is 6.10 Å². The van der Waals surface area contributed by atoms with Gasteiger partial charge in [0.1, 0.15) is 12.2 Å². The minimum atomic E-state index is -1.28. The Kier molecular flexibility index (Phi) is 12.8. The second-order valence-corrected chi connectivity index (χ2v) is 7.98. The standard InChI is InChI=1S/C22H39NO6/c1-3-4-5-10-13-17(25)14-11-8-6-7-9-12-15-18(26)21-20(27)19(22(28)29-21)23-16(2)24/h12,15,17-21,25-27H,3-11,13-14H2,1-2H3,(H,23,24)/b15-12+/t17?,18-,19+,20-,21-/m1/s1. The van der Waals surface area contributed by atoms with Gasteiger partial charge < -0.3 is 25.4 Å². The maximum atomic E-state index is 11.7. The first-order valence-electron chi connectivity index (χ1n) is 11.0. The molecule has 4 N–H and O–H groups in total. The summed E-state index contributed by atoms with van der Waals surface area (Å²) >= 11 is 0. The van der Waals surface area contributed by atoms with Crippen LogP contribution in [0.15, 0.2) is 12.2 Å². The van der Waals surface area contributed by atoms with Crippen LogP contribution in [0, 0.1) is 0 Å². The predicted molar refractivity (Wildman–Crippen MR) is 111 cm³/mol. The van der Waals surface area contributed by atoms with Gasteiger partial charge in [-0.1, -0.05) is 64.0 Å². The molecule has 5 atom stereocenters. The molecule has 7 heteroatoms. The Morgan fingerprint density at radius 2 is 1.72 bits per heavy atom. The molecule has 0 spiro atoms. The lowest BCUT2D eigenvalue weighted by molar-refractivity contribution is -0.146. The van der Waals surface area contributed by atoms with E-state index in [1.54, 1.807) is 0 Å². The van der Waals surface area contributed by atoms with Crippen molar-refractivity contribution in [2.45, 2.75) is 115 Å².